The van der Waals surface area contributed by atoms with Gasteiger partial charge in [-0.05, 0) is 38.8 Å². The standard InChI is InChI=1S/C16H25NO2/c1-4-17-10-14-7-5-6-12(2)16(14)18-11-15-9-8-13(3)19-15/h5-7,13,15,17H,4,8-11H2,1-3H3. The van der Waals surface area contributed by atoms with E-state index in [-0.39, 0.29) is 6.10 Å². The Hall–Kier alpha value is -1.06. The van der Waals surface area contributed by atoms with Gasteiger partial charge in [-0.1, -0.05) is 25.1 Å². The summed E-state index contributed by atoms with van der Waals surface area (Å²) >= 11 is 0. The van der Waals surface area contributed by atoms with Gasteiger partial charge in [-0.3, -0.25) is 0 Å². The first-order valence-electron chi connectivity index (χ1n) is 7.28. The van der Waals surface area contributed by atoms with Crippen molar-refractivity contribution < 1.29 is 9.47 Å². The molecule has 1 N–H and O–H groups in total. The van der Waals surface area contributed by atoms with Gasteiger partial charge in [0, 0.05) is 12.1 Å². The van der Waals surface area contributed by atoms with Crippen molar-refractivity contribution in [2.75, 3.05) is 13.2 Å². The van der Waals surface area contributed by atoms with Crippen molar-refractivity contribution in [3.8, 4) is 5.75 Å². The topological polar surface area (TPSA) is 30.5 Å². The Kier molecular flexibility index (Phi) is 5.23. The van der Waals surface area contributed by atoms with Gasteiger partial charge in [0.2, 0.25) is 0 Å². The Morgan fingerprint density at radius 2 is 2.21 bits per heavy atom. The van der Waals surface area contributed by atoms with Gasteiger partial charge in [-0.15, -0.1) is 0 Å². The lowest BCUT2D eigenvalue weighted by atomic mass is 10.1. The summed E-state index contributed by atoms with van der Waals surface area (Å²) in [7, 11) is 0. The molecule has 0 aliphatic carbocycles. The number of para-hydroxylation sites is 1. The number of ether oxygens (including phenoxy) is 2. The van der Waals surface area contributed by atoms with Gasteiger partial charge >= 0.3 is 0 Å². The molecule has 2 atom stereocenters. The third-order valence-corrected chi connectivity index (χ3v) is 3.59. The van der Waals surface area contributed by atoms with E-state index in [1.54, 1.807) is 0 Å². The molecule has 1 aliphatic rings. The van der Waals surface area contributed by atoms with Crippen LogP contribution in [0.4, 0.5) is 0 Å². The summed E-state index contributed by atoms with van der Waals surface area (Å²) in [6.45, 7) is 8.83. The minimum Gasteiger partial charge on any atom is -0.490 e. The second-order valence-electron chi connectivity index (χ2n) is 5.30. The molecule has 1 aliphatic heterocycles. The van der Waals surface area contributed by atoms with E-state index in [9.17, 15) is 0 Å². The number of aryl methyl sites for hydroxylation is 1. The van der Waals surface area contributed by atoms with Crippen molar-refractivity contribution in [2.24, 2.45) is 0 Å². The van der Waals surface area contributed by atoms with Gasteiger partial charge in [-0.25, -0.2) is 0 Å². The fourth-order valence-corrected chi connectivity index (χ4v) is 2.50. The Morgan fingerprint density at radius 1 is 1.37 bits per heavy atom. The van der Waals surface area contributed by atoms with Gasteiger partial charge in [0.1, 0.15) is 12.4 Å². The molecule has 2 rings (SSSR count). The first-order valence-corrected chi connectivity index (χ1v) is 7.28. The minimum atomic E-state index is 0.251. The van der Waals surface area contributed by atoms with Crippen molar-refractivity contribution in [3.63, 3.8) is 0 Å². The molecule has 0 spiro atoms. The molecular weight excluding hydrogens is 238 g/mol. The van der Waals surface area contributed by atoms with Gasteiger partial charge < -0.3 is 14.8 Å². The zero-order valence-corrected chi connectivity index (χ0v) is 12.2. The van der Waals surface area contributed by atoms with Crippen LogP contribution in [0.1, 0.15) is 37.8 Å². The normalized spacial score (nSPS) is 22.7. The van der Waals surface area contributed by atoms with Crippen molar-refractivity contribution in [1.82, 2.24) is 5.32 Å². The second-order valence-corrected chi connectivity index (χ2v) is 5.30. The van der Waals surface area contributed by atoms with Crippen LogP contribution in [0.3, 0.4) is 0 Å². The van der Waals surface area contributed by atoms with Crippen LogP contribution in [0, 0.1) is 6.92 Å². The molecular formula is C16H25NO2. The molecule has 1 aromatic carbocycles. The lowest BCUT2D eigenvalue weighted by Crippen LogP contribution is -2.20. The maximum atomic E-state index is 6.03. The summed E-state index contributed by atoms with van der Waals surface area (Å²) in [5, 5.41) is 3.36. The molecule has 0 aromatic heterocycles. The first-order chi connectivity index (χ1) is 9.20. The molecule has 19 heavy (non-hydrogen) atoms. The molecule has 106 valence electrons. The Balaban J connectivity index is 1.97. The maximum absolute atomic E-state index is 6.03. The highest BCUT2D eigenvalue weighted by Crippen LogP contribution is 2.25. The van der Waals surface area contributed by atoms with E-state index in [1.165, 1.54) is 11.1 Å². The highest BCUT2D eigenvalue weighted by atomic mass is 16.5. The van der Waals surface area contributed by atoms with Gasteiger partial charge in [0.25, 0.3) is 0 Å². The number of hydrogen-bond donors (Lipinski definition) is 1. The number of benzene rings is 1. The van der Waals surface area contributed by atoms with Crippen LogP contribution >= 0.6 is 0 Å². The molecule has 2 unspecified atom stereocenters. The highest BCUT2D eigenvalue weighted by molar-refractivity contribution is 5.40. The molecule has 0 radical (unpaired) electrons. The van der Waals surface area contributed by atoms with Gasteiger partial charge in [0.05, 0.1) is 12.2 Å². The first kappa shape index (κ1) is 14.4. The van der Waals surface area contributed by atoms with Crippen molar-refractivity contribution in [1.29, 1.82) is 0 Å². The molecule has 1 fully saturated rings. The van der Waals surface area contributed by atoms with E-state index in [4.69, 9.17) is 9.47 Å². The van der Waals surface area contributed by atoms with E-state index in [0.29, 0.717) is 12.7 Å². The molecule has 3 heteroatoms. The van der Waals surface area contributed by atoms with E-state index in [2.05, 4.69) is 44.3 Å². The zero-order valence-electron chi connectivity index (χ0n) is 12.2. The van der Waals surface area contributed by atoms with Gasteiger partial charge in [0.15, 0.2) is 0 Å². The van der Waals surface area contributed by atoms with Crippen LogP contribution in [0.2, 0.25) is 0 Å². The van der Waals surface area contributed by atoms with Crippen LogP contribution in [0.25, 0.3) is 0 Å². The third-order valence-electron chi connectivity index (χ3n) is 3.59. The summed E-state index contributed by atoms with van der Waals surface area (Å²) in [4.78, 5) is 0. The predicted molar refractivity (Wildman–Crippen MR) is 77.6 cm³/mol. The highest BCUT2D eigenvalue weighted by Gasteiger charge is 2.22. The zero-order chi connectivity index (χ0) is 13.7. The smallest absolute Gasteiger partial charge is 0.126 e. The summed E-state index contributed by atoms with van der Waals surface area (Å²) in [6.07, 6.45) is 2.88. The Morgan fingerprint density at radius 3 is 2.89 bits per heavy atom. The van der Waals surface area contributed by atoms with E-state index in [1.807, 2.05) is 0 Å². The quantitative estimate of drug-likeness (QED) is 0.855. The van der Waals surface area contributed by atoms with Crippen LogP contribution in [0.15, 0.2) is 18.2 Å². The van der Waals surface area contributed by atoms with E-state index >= 15 is 0 Å². The predicted octanol–water partition coefficient (Wildman–Crippen LogP) is 3.05. The fourth-order valence-electron chi connectivity index (χ4n) is 2.50. The molecule has 0 amide bonds. The summed E-state index contributed by atoms with van der Waals surface area (Å²) in [6, 6.07) is 6.31. The van der Waals surface area contributed by atoms with E-state index in [0.717, 1.165) is 31.7 Å². The third kappa shape index (κ3) is 3.95. The fraction of sp³-hybridized carbons (Fsp3) is 0.625. The minimum absolute atomic E-state index is 0.251. The molecule has 1 saturated heterocycles. The lowest BCUT2D eigenvalue weighted by molar-refractivity contribution is 0.0261. The monoisotopic (exact) mass is 263 g/mol. The molecule has 0 saturated carbocycles. The maximum Gasteiger partial charge on any atom is 0.126 e. The lowest BCUT2D eigenvalue weighted by Gasteiger charge is -2.17. The summed E-state index contributed by atoms with van der Waals surface area (Å²) in [5.74, 6) is 1.02. The summed E-state index contributed by atoms with van der Waals surface area (Å²) < 4.78 is 11.8. The van der Waals surface area contributed by atoms with Crippen LogP contribution in [-0.2, 0) is 11.3 Å². The van der Waals surface area contributed by atoms with Crippen LogP contribution in [-0.4, -0.2) is 25.4 Å². The number of nitrogens with one attached hydrogen (secondary N) is 1. The van der Waals surface area contributed by atoms with Crippen LogP contribution in [0.5, 0.6) is 5.75 Å². The van der Waals surface area contributed by atoms with Crippen LogP contribution < -0.4 is 10.1 Å². The largest absolute Gasteiger partial charge is 0.490 e. The van der Waals surface area contributed by atoms with Crippen molar-refractivity contribution in [3.05, 3.63) is 29.3 Å². The molecule has 3 nitrogen and oxygen atoms in total. The van der Waals surface area contributed by atoms with Crippen molar-refractivity contribution in [2.45, 2.75) is 52.4 Å². The van der Waals surface area contributed by atoms with E-state index < -0.39 is 0 Å². The van der Waals surface area contributed by atoms with Gasteiger partial charge in [-0.2, -0.15) is 0 Å². The molecule has 0 bridgehead atoms. The Labute approximate surface area is 116 Å². The Bertz CT molecular complexity index is 406. The molecule has 1 aromatic rings. The molecule has 1 heterocycles. The average molecular weight is 263 g/mol. The number of rotatable bonds is 6. The van der Waals surface area contributed by atoms with Crippen molar-refractivity contribution >= 4 is 0 Å². The average Bonchev–Trinajstić information content (AvgIpc) is 2.81. The number of hydrogen-bond acceptors (Lipinski definition) is 3. The second kappa shape index (κ2) is 6.92. The SMILES string of the molecule is CCNCc1cccc(C)c1OCC1CCC(C)O1. The summed E-state index contributed by atoms with van der Waals surface area (Å²) in [5.41, 5.74) is 2.43.